The zero-order chi connectivity index (χ0) is 19.6. The number of hydrogen-bond acceptors (Lipinski definition) is 5. The predicted octanol–water partition coefficient (Wildman–Crippen LogP) is 4.98. The summed E-state index contributed by atoms with van der Waals surface area (Å²) in [6, 6.07) is 4.97. The molecule has 6 nitrogen and oxygen atoms in total. The zero-order valence-electron chi connectivity index (χ0n) is 15.7. The molecule has 0 saturated heterocycles. The number of benzene rings is 1. The minimum absolute atomic E-state index is 0.0372. The molecule has 0 bridgehead atoms. The van der Waals surface area contributed by atoms with Crippen LogP contribution in [0.15, 0.2) is 18.2 Å². The molecule has 7 heteroatoms. The van der Waals surface area contributed by atoms with Gasteiger partial charge in [0.05, 0.1) is 16.3 Å². The van der Waals surface area contributed by atoms with Crippen molar-refractivity contribution in [3.05, 3.63) is 39.9 Å². The second-order valence-electron chi connectivity index (χ2n) is 6.96. The van der Waals surface area contributed by atoms with E-state index in [4.69, 9.17) is 0 Å². The Morgan fingerprint density at radius 2 is 1.81 bits per heavy atom. The molecular weight excluding hydrogens is 362 g/mol. The molecule has 3 rings (SSSR count). The Labute approximate surface area is 162 Å². The van der Waals surface area contributed by atoms with Gasteiger partial charge in [-0.1, -0.05) is 35.8 Å². The number of ketones is 2. The zero-order valence-corrected chi connectivity index (χ0v) is 16.5. The van der Waals surface area contributed by atoms with Crippen molar-refractivity contribution in [1.82, 2.24) is 4.98 Å². The first-order valence-corrected chi connectivity index (χ1v) is 9.88. The third-order valence-electron chi connectivity index (χ3n) is 4.75. The maximum Gasteiger partial charge on any atom is 0.325 e. The number of rotatable bonds is 5. The number of anilines is 2. The standard InChI is InChI=1S/C20H23N3O3S/c1-11-8-9-16(15(10-11)17(25)14-6-4-5-7-14)22-19(26)23-20-21-12(2)18(27-20)13(3)24/h8-10,14H,4-7H2,1-3H3,(H2,21,22,23,26). The van der Waals surface area contributed by atoms with Gasteiger partial charge in [-0.2, -0.15) is 0 Å². The van der Waals surface area contributed by atoms with Gasteiger partial charge in [0.2, 0.25) is 0 Å². The third-order valence-corrected chi connectivity index (χ3v) is 5.93. The second kappa shape index (κ2) is 8.00. The highest BCUT2D eigenvalue weighted by molar-refractivity contribution is 7.17. The quantitative estimate of drug-likeness (QED) is 0.711. The molecular formula is C20H23N3O3S. The largest absolute Gasteiger partial charge is 0.325 e. The minimum atomic E-state index is -0.483. The molecule has 1 fully saturated rings. The van der Waals surface area contributed by atoms with E-state index in [-0.39, 0.29) is 17.5 Å². The molecule has 27 heavy (non-hydrogen) atoms. The molecule has 1 aliphatic rings. The van der Waals surface area contributed by atoms with E-state index in [1.165, 1.54) is 6.92 Å². The number of amides is 2. The van der Waals surface area contributed by atoms with Crippen LogP contribution in [0.5, 0.6) is 0 Å². The van der Waals surface area contributed by atoms with Crippen molar-refractivity contribution in [3.8, 4) is 0 Å². The van der Waals surface area contributed by atoms with Crippen molar-refractivity contribution >= 4 is 39.8 Å². The lowest BCUT2D eigenvalue weighted by molar-refractivity contribution is 0.0923. The first-order chi connectivity index (χ1) is 12.8. The molecule has 0 radical (unpaired) electrons. The van der Waals surface area contributed by atoms with Gasteiger partial charge in [0.1, 0.15) is 0 Å². The summed E-state index contributed by atoms with van der Waals surface area (Å²) in [6.07, 6.45) is 3.97. The van der Waals surface area contributed by atoms with E-state index in [9.17, 15) is 14.4 Å². The summed E-state index contributed by atoms with van der Waals surface area (Å²) in [6.45, 7) is 5.13. The Morgan fingerprint density at radius 1 is 1.11 bits per heavy atom. The maximum absolute atomic E-state index is 12.9. The number of urea groups is 1. The van der Waals surface area contributed by atoms with Crippen LogP contribution < -0.4 is 10.6 Å². The summed E-state index contributed by atoms with van der Waals surface area (Å²) in [4.78, 5) is 41.5. The molecule has 0 aliphatic heterocycles. The summed E-state index contributed by atoms with van der Waals surface area (Å²) in [7, 11) is 0. The molecule has 2 N–H and O–H groups in total. The summed E-state index contributed by atoms with van der Waals surface area (Å²) < 4.78 is 0. The number of aryl methyl sites for hydroxylation is 2. The fraction of sp³-hybridized carbons (Fsp3) is 0.400. The molecule has 1 saturated carbocycles. The lowest BCUT2D eigenvalue weighted by Gasteiger charge is -2.14. The highest BCUT2D eigenvalue weighted by Gasteiger charge is 2.26. The molecule has 0 unspecified atom stereocenters. The molecule has 2 aromatic rings. The highest BCUT2D eigenvalue weighted by Crippen LogP contribution is 2.31. The predicted molar refractivity (Wildman–Crippen MR) is 107 cm³/mol. The second-order valence-corrected chi connectivity index (χ2v) is 7.96. The van der Waals surface area contributed by atoms with Crippen LogP contribution in [0.3, 0.4) is 0 Å². The average molecular weight is 385 g/mol. The molecule has 1 aromatic carbocycles. The Hall–Kier alpha value is -2.54. The third kappa shape index (κ3) is 4.42. The van der Waals surface area contributed by atoms with Crippen molar-refractivity contribution in [3.63, 3.8) is 0 Å². The number of nitrogens with one attached hydrogen (secondary N) is 2. The summed E-state index contributed by atoms with van der Waals surface area (Å²) in [5, 5.41) is 5.76. The van der Waals surface area contributed by atoms with Gasteiger partial charge in [-0.05, 0) is 38.8 Å². The van der Waals surface area contributed by atoms with Crippen molar-refractivity contribution in [2.45, 2.75) is 46.5 Å². The van der Waals surface area contributed by atoms with Crippen LogP contribution in [-0.4, -0.2) is 22.6 Å². The highest BCUT2D eigenvalue weighted by atomic mass is 32.1. The molecule has 142 valence electrons. The van der Waals surface area contributed by atoms with Crippen molar-refractivity contribution in [2.75, 3.05) is 10.6 Å². The van der Waals surface area contributed by atoms with Gasteiger partial charge in [-0.15, -0.1) is 0 Å². The van der Waals surface area contributed by atoms with Gasteiger partial charge in [0, 0.05) is 18.4 Å². The number of carbonyl (C=O) groups excluding carboxylic acids is 3. The number of thiazole rings is 1. The SMILES string of the molecule is CC(=O)c1sc(NC(=O)Nc2ccc(C)cc2C(=O)C2CCCC2)nc1C. The first kappa shape index (κ1) is 19.2. The Bertz CT molecular complexity index is 898. The Balaban J connectivity index is 1.76. The molecule has 0 spiro atoms. The van der Waals surface area contributed by atoms with Crippen LogP contribution in [0.25, 0.3) is 0 Å². The topological polar surface area (TPSA) is 88.2 Å². The number of carbonyl (C=O) groups is 3. The van der Waals surface area contributed by atoms with Crippen molar-refractivity contribution in [1.29, 1.82) is 0 Å². The fourth-order valence-corrected chi connectivity index (χ4v) is 4.26. The average Bonchev–Trinajstić information content (AvgIpc) is 3.25. The fourth-order valence-electron chi connectivity index (χ4n) is 3.41. The Morgan fingerprint density at radius 3 is 2.44 bits per heavy atom. The van der Waals surface area contributed by atoms with E-state index in [1.807, 2.05) is 19.1 Å². The van der Waals surface area contributed by atoms with E-state index in [2.05, 4.69) is 15.6 Å². The summed E-state index contributed by atoms with van der Waals surface area (Å²) in [5.41, 5.74) is 2.62. The number of hydrogen-bond donors (Lipinski definition) is 2. The van der Waals surface area contributed by atoms with Crippen LogP contribution >= 0.6 is 11.3 Å². The molecule has 1 aromatic heterocycles. The number of nitrogens with zero attached hydrogens (tertiary/aromatic N) is 1. The first-order valence-electron chi connectivity index (χ1n) is 9.06. The smallest absolute Gasteiger partial charge is 0.307 e. The van der Waals surface area contributed by atoms with E-state index >= 15 is 0 Å². The lowest BCUT2D eigenvalue weighted by Crippen LogP contribution is -2.22. The summed E-state index contributed by atoms with van der Waals surface area (Å²) >= 11 is 1.14. The van der Waals surface area contributed by atoms with Crippen LogP contribution in [0.1, 0.15) is 63.9 Å². The van der Waals surface area contributed by atoms with Crippen LogP contribution in [0, 0.1) is 19.8 Å². The van der Waals surface area contributed by atoms with Gasteiger partial charge >= 0.3 is 6.03 Å². The van der Waals surface area contributed by atoms with E-state index in [0.717, 1.165) is 42.6 Å². The van der Waals surface area contributed by atoms with Crippen LogP contribution in [0.2, 0.25) is 0 Å². The normalized spacial score (nSPS) is 14.2. The minimum Gasteiger partial charge on any atom is -0.307 e. The molecule has 0 atom stereocenters. The Kier molecular flexibility index (Phi) is 5.70. The number of aromatic nitrogens is 1. The van der Waals surface area contributed by atoms with Gasteiger partial charge in [-0.25, -0.2) is 9.78 Å². The molecule has 1 aliphatic carbocycles. The van der Waals surface area contributed by atoms with Crippen LogP contribution in [-0.2, 0) is 0 Å². The van der Waals surface area contributed by atoms with Gasteiger partial charge in [-0.3, -0.25) is 14.9 Å². The van der Waals surface area contributed by atoms with Crippen molar-refractivity contribution < 1.29 is 14.4 Å². The van der Waals surface area contributed by atoms with Crippen molar-refractivity contribution in [2.24, 2.45) is 5.92 Å². The van der Waals surface area contributed by atoms with E-state index in [0.29, 0.717) is 27.0 Å². The van der Waals surface area contributed by atoms with Gasteiger partial charge < -0.3 is 5.32 Å². The van der Waals surface area contributed by atoms with E-state index in [1.54, 1.807) is 13.0 Å². The molecule has 1 heterocycles. The van der Waals surface area contributed by atoms with Crippen LogP contribution in [0.4, 0.5) is 15.6 Å². The summed E-state index contributed by atoms with van der Waals surface area (Å²) in [5.74, 6) is 0.0482. The molecule has 2 amide bonds. The lowest BCUT2D eigenvalue weighted by atomic mass is 9.94. The van der Waals surface area contributed by atoms with Gasteiger partial charge in [0.15, 0.2) is 16.7 Å². The number of Topliss-reactive ketones (excluding diaryl/α,β-unsaturated/α-hetero) is 2. The monoisotopic (exact) mass is 385 g/mol. The maximum atomic E-state index is 12.9. The van der Waals surface area contributed by atoms with Gasteiger partial charge in [0.25, 0.3) is 0 Å². The van der Waals surface area contributed by atoms with E-state index < -0.39 is 6.03 Å².